The molecule has 3 nitrogen and oxygen atoms in total. The van der Waals surface area contributed by atoms with Gasteiger partial charge in [0.1, 0.15) is 11.6 Å². The molecule has 1 aromatic carbocycles. The number of phenolic OH excluding ortho intramolecular Hbond substituents is 1. The predicted octanol–water partition coefficient (Wildman–Crippen LogP) is 1.19. The van der Waals surface area contributed by atoms with Crippen LogP contribution in [0.3, 0.4) is 0 Å². The minimum atomic E-state index is -0.566. The van der Waals surface area contributed by atoms with Crippen LogP contribution in [0.1, 0.15) is 22.8 Å². The lowest BCUT2D eigenvalue weighted by molar-refractivity contribution is 0.101. The van der Waals surface area contributed by atoms with Crippen molar-refractivity contribution in [2.75, 3.05) is 0 Å². The van der Waals surface area contributed by atoms with Crippen molar-refractivity contribution in [3.63, 3.8) is 0 Å². The highest BCUT2D eigenvalue weighted by molar-refractivity contribution is 5.97. The van der Waals surface area contributed by atoms with E-state index in [1.807, 2.05) is 0 Å². The Morgan fingerprint density at radius 3 is 2.69 bits per heavy atom. The van der Waals surface area contributed by atoms with E-state index in [1.165, 1.54) is 6.92 Å². The summed E-state index contributed by atoms with van der Waals surface area (Å²) in [5.41, 5.74) is 5.46. The smallest absolute Gasteiger partial charge is 0.163 e. The number of benzene rings is 1. The van der Waals surface area contributed by atoms with Crippen molar-refractivity contribution in [2.45, 2.75) is 13.5 Å². The predicted molar refractivity (Wildman–Crippen MR) is 46.0 cm³/mol. The largest absolute Gasteiger partial charge is 0.507 e. The van der Waals surface area contributed by atoms with E-state index in [0.29, 0.717) is 0 Å². The highest BCUT2D eigenvalue weighted by Gasteiger charge is 2.12. The Morgan fingerprint density at radius 1 is 1.62 bits per heavy atom. The summed E-state index contributed by atoms with van der Waals surface area (Å²) < 4.78 is 12.8. The molecule has 0 bridgehead atoms. The van der Waals surface area contributed by atoms with E-state index in [1.54, 1.807) is 0 Å². The topological polar surface area (TPSA) is 63.3 Å². The zero-order chi connectivity index (χ0) is 10.0. The first-order valence-corrected chi connectivity index (χ1v) is 3.78. The molecule has 4 heteroatoms. The van der Waals surface area contributed by atoms with Gasteiger partial charge in [0, 0.05) is 12.1 Å². The van der Waals surface area contributed by atoms with Gasteiger partial charge in [-0.15, -0.1) is 0 Å². The molecule has 1 aromatic rings. The monoisotopic (exact) mass is 183 g/mol. The third kappa shape index (κ3) is 1.84. The number of ketones is 1. The molecular formula is C9H10FNO2. The van der Waals surface area contributed by atoms with Crippen molar-refractivity contribution >= 4 is 5.78 Å². The minimum Gasteiger partial charge on any atom is -0.507 e. The molecule has 0 radical (unpaired) electrons. The van der Waals surface area contributed by atoms with Crippen molar-refractivity contribution in [1.82, 2.24) is 0 Å². The molecule has 0 fully saturated rings. The average Bonchev–Trinajstić information content (AvgIpc) is 2.08. The highest BCUT2D eigenvalue weighted by atomic mass is 19.1. The maximum Gasteiger partial charge on any atom is 0.163 e. The summed E-state index contributed by atoms with van der Waals surface area (Å²) in [6, 6.07) is 2.11. The van der Waals surface area contributed by atoms with Gasteiger partial charge >= 0.3 is 0 Å². The second-order valence-corrected chi connectivity index (χ2v) is 2.72. The molecule has 0 unspecified atom stereocenters. The molecule has 0 aliphatic rings. The Labute approximate surface area is 75.0 Å². The number of nitrogens with two attached hydrogens (primary N) is 1. The Bertz CT molecular complexity index is 350. The molecule has 3 N–H and O–H groups in total. The second kappa shape index (κ2) is 3.53. The van der Waals surface area contributed by atoms with Crippen LogP contribution in [-0.2, 0) is 6.54 Å². The Kier molecular flexibility index (Phi) is 2.63. The van der Waals surface area contributed by atoms with Crippen molar-refractivity contribution in [3.05, 3.63) is 29.1 Å². The van der Waals surface area contributed by atoms with E-state index in [2.05, 4.69) is 0 Å². The number of hydrogen-bond acceptors (Lipinski definition) is 3. The van der Waals surface area contributed by atoms with Crippen LogP contribution >= 0.6 is 0 Å². The van der Waals surface area contributed by atoms with Gasteiger partial charge in [-0.1, -0.05) is 0 Å². The van der Waals surface area contributed by atoms with Crippen molar-refractivity contribution in [1.29, 1.82) is 0 Å². The van der Waals surface area contributed by atoms with E-state index in [9.17, 15) is 14.3 Å². The summed E-state index contributed by atoms with van der Waals surface area (Å²) in [4.78, 5) is 10.9. The number of carbonyl (C=O) groups is 1. The van der Waals surface area contributed by atoms with Crippen LogP contribution in [0.2, 0.25) is 0 Å². The fraction of sp³-hybridized carbons (Fsp3) is 0.222. The second-order valence-electron chi connectivity index (χ2n) is 2.72. The van der Waals surface area contributed by atoms with Gasteiger partial charge < -0.3 is 10.8 Å². The first-order valence-electron chi connectivity index (χ1n) is 3.78. The van der Waals surface area contributed by atoms with E-state index >= 15 is 0 Å². The number of aromatic hydroxyl groups is 1. The standard InChI is InChI=1S/C9H10FNO2/c1-5(12)8-3-7(10)2-6(4-11)9(8)13/h2-3,13H,4,11H2,1H3. The van der Waals surface area contributed by atoms with Gasteiger partial charge in [-0.3, -0.25) is 4.79 Å². The number of halogens is 1. The van der Waals surface area contributed by atoms with Crippen LogP contribution in [0, 0.1) is 5.82 Å². The van der Waals surface area contributed by atoms with E-state index in [0.717, 1.165) is 12.1 Å². The van der Waals surface area contributed by atoms with Gasteiger partial charge in [-0.2, -0.15) is 0 Å². The maximum atomic E-state index is 12.8. The van der Waals surface area contributed by atoms with Crippen LogP contribution < -0.4 is 5.73 Å². The molecule has 70 valence electrons. The molecule has 0 heterocycles. The summed E-state index contributed by atoms with van der Waals surface area (Å²) in [5, 5.41) is 9.42. The molecule has 0 aliphatic carbocycles. The molecule has 0 saturated heterocycles. The summed E-state index contributed by atoms with van der Waals surface area (Å²) >= 11 is 0. The van der Waals surface area contributed by atoms with Gasteiger partial charge in [0.05, 0.1) is 5.56 Å². The summed E-state index contributed by atoms with van der Waals surface area (Å²) in [6.45, 7) is 1.26. The number of hydrogen-bond donors (Lipinski definition) is 2. The Morgan fingerprint density at radius 2 is 2.23 bits per heavy atom. The van der Waals surface area contributed by atoms with Crippen molar-refractivity contribution in [3.8, 4) is 5.75 Å². The molecule has 1 rings (SSSR count). The van der Waals surface area contributed by atoms with E-state index in [-0.39, 0.29) is 29.2 Å². The van der Waals surface area contributed by atoms with Gasteiger partial charge in [-0.05, 0) is 19.1 Å². The van der Waals surface area contributed by atoms with Crippen LogP contribution in [0.5, 0.6) is 5.75 Å². The lowest BCUT2D eigenvalue weighted by Gasteiger charge is -2.05. The number of phenols is 1. The summed E-state index contributed by atoms with van der Waals surface area (Å²) in [6.07, 6.45) is 0. The average molecular weight is 183 g/mol. The minimum absolute atomic E-state index is 0.00384. The molecule has 13 heavy (non-hydrogen) atoms. The Hall–Kier alpha value is -1.42. The fourth-order valence-corrected chi connectivity index (χ4v) is 1.08. The van der Waals surface area contributed by atoms with E-state index in [4.69, 9.17) is 5.73 Å². The summed E-state index contributed by atoms with van der Waals surface area (Å²) in [7, 11) is 0. The molecular weight excluding hydrogens is 173 g/mol. The quantitative estimate of drug-likeness (QED) is 0.677. The first kappa shape index (κ1) is 9.67. The van der Waals surface area contributed by atoms with Crippen LogP contribution in [0.4, 0.5) is 4.39 Å². The van der Waals surface area contributed by atoms with Gasteiger partial charge in [0.25, 0.3) is 0 Å². The summed E-state index contributed by atoms with van der Waals surface area (Å²) in [5.74, 6) is -1.17. The van der Waals surface area contributed by atoms with Crippen molar-refractivity contribution < 1.29 is 14.3 Å². The molecule has 0 aliphatic heterocycles. The van der Waals surface area contributed by atoms with Crippen molar-refractivity contribution in [2.24, 2.45) is 5.73 Å². The third-order valence-corrected chi connectivity index (χ3v) is 1.75. The number of Topliss-reactive ketones (excluding diaryl/α,β-unsaturated/α-hetero) is 1. The number of rotatable bonds is 2. The van der Waals surface area contributed by atoms with Crippen LogP contribution in [0.25, 0.3) is 0 Å². The zero-order valence-electron chi connectivity index (χ0n) is 7.17. The zero-order valence-corrected chi connectivity index (χ0v) is 7.17. The first-order chi connectivity index (χ1) is 6.06. The SMILES string of the molecule is CC(=O)c1cc(F)cc(CN)c1O. The maximum absolute atomic E-state index is 12.8. The molecule has 0 atom stereocenters. The fourth-order valence-electron chi connectivity index (χ4n) is 1.08. The lowest BCUT2D eigenvalue weighted by Crippen LogP contribution is -2.02. The van der Waals surface area contributed by atoms with Crippen LogP contribution in [0.15, 0.2) is 12.1 Å². The molecule has 0 aromatic heterocycles. The van der Waals surface area contributed by atoms with Gasteiger partial charge in [0.2, 0.25) is 0 Å². The molecule has 0 amide bonds. The molecule has 0 spiro atoms. The Balaban J connectivity index is 3.35. The number of carbonyl (C=O) groups excluding carboxylic acids is 1. The third-order valence-electron chi connectivity index (χ3n) is 1.75. The van der Waals surface area contributed by atoms with E-state index < -0.39 is 5.82 Å². The van der Waals surface area contributed by atoms with Gasteiger partial charge in [0.15, 0.2) is 5.78 Å². The highest BCUT2D eigenvalue weighted by Crippen LogP contribution is 2.24. The van der Waals surface area contributed by atoms with Gasteiger partial charge in [-0.25, -0.2) is 4.39 Å². The van der Waals surface area contributed by atoms with Crippen LogP contribution in [-0.4, -0.2) is 10.9 Å². The normalized spacial score (nSPS) is 10.1. The lowest BCUT2D eigenvalue weighted by atomic mass is 10.1. The molecule has 0 saturated carbocycles.